The van der Waals surface area contributed by atoms with Crippen LogP contribution in [0, 0.1) is 0 Å². The zero-order valence-electron chi connectivity index (χ0n) is 7.56. The molecule has 14 heavy (non-hydrogen) atoms. The third-order valence-electron chi connectivity index (χ3n) is 1.81. The lowest BCUT2D eigenvalue weighted by atomic mass is 10.1. The van der Waals surface area contributed by atoms with E-state index in [-0.39, 0.29) is 10.6 Å². The number of alkyl halides is 2. The van der Waals surface area contributed by atoms with Gasteiger partial charge in [-0.2, -0.15) is 0 Å². The number of benzene rings is 1. The van der Waals surface area contributed by atoms with Crippen molar-refractivity contribution in [3.05, 3.63) is 34.3 Å². The highest BCUT2D eigenvalue weighted by molar-refractivity contribution is 9.10. The Hall–Kier alpha value is -0.0500. The molecule has 1 rings (SSSR count). The molecular weight excluding hydrogens is 287 g/mol. The molecule has 0 saturated heterocycles. The standard InChI is InChI=1S/C10H9BrCl2O/c1-6(11)10(14)8-3-2-7(5-12)4-9(8)13/h2-4,6H,5H2,1H3. The van der Waals surface area contributed by atoms with Crippen LogP contribution in [0.1, 0.15) is 22.8 Å². The summed E-state index contributed by atoms with van der Waals surface area (Å²) in [4.78, 5) is 11.4. The maximum atomic E-state index is 11.6. The second-order valence-corrected chi connectivity index (χ2v) is 4.98. The van der Waals surface area contributed by atoms with Crippen molar-refractivity contribution in [2.45, 2.75) is 17.6 Å². The third-order valence-corrected chi connectivity index (χ3v) is 2.85. The van der Waals surface area contributed by atoms with Crippen molar-refractivity contribution in [3.8, 4) is 0 Å². The number of ketones is 1. The van der Waals surface area contributed by atoms with E-state index in [0.717, 1.165) is 5.56 Å². The SMILES string of the molecule is CC(Br)C(=O)c1ccc(CCl)cc1Cl. The summed E-state index contributed by atoms with van der Waals surface area (Å²) in [5.41, 5.74) is 1.44. The predicted molar refractivity (Wildman–Crippen MR) is 63.7 cm³/mol. The summed E-state index contributed by atoms with van der Waals surface area (Å²) in [5, 5.41) is 0.458. The number of rotatable bonds is 3. The lowest BCUT2D eigenvalue weighted by Gasteiger charge is -2.06. The van der Waals surface area contributed by atoms with E-state index in [1.54, 1.807) is 19.1 Å². The van der Waals surface area contributed by atoms with Gasteiger partial charge in [0, 0.05) is 11.4 Å². The molecule has 1 unspecified atom stereocenters. The molecule has 0 radical (unpaired) electrons. The predicted octanol–water partition coefficient (Wildman–Crippen LogP) is 4.04. The largest absolute Gasteiger partial charge is 0.293 e. The van der Waals surface area contributed by atoms with E-state index >= 15 is 0 Å². The zero-order chi connectivity index (χ0) is 10.7. The molecule has 0 heterocycles. The minimum Gasteiger partial charge on any atom is -0.293 e. The Morgan fingerprint density at radius 2 is 2.21 bits per heavy atom. The minimum atomic E-state index is -0.221. The normalized spacial score (nSPS) is 12.6. The van der Waals surface area contributed by atoms with Crippen LogP contribution in [-0.4, -0.2) is 10.6 Å². The first-order valence-corrected chi connectivity index (χ1v) is 5.91. The quantitative estimate of drug-likeness (QED) is 0.607. The van der Waals surface area contributed by atoms with Crippen LogP contribution in [0.2, 0.25) is 5.02 Å². The molecule has 0 amide bonds. The van der Waals surface area contributed by atoms with Gasteiger partial charge in [0.1, 0.15) is 0 Å². The third kappa shape index (κ3) is 2.72. The molecule has 1 aromatic rings. The van der Waals surface area contributed by atoms with Crippen LogP contribution in [0.25, 0.3) is 0 Å². The fourth-order valence-corrected chi connectivity index (χ4v) is 1.76. The fourth-order valence-electron chi connectivity index (χ4n) is 1.06. The van der Waals surface area contributed by atoms with Crippen LogP contribution in [0.5, 0.6) is 0 Å². The van der Waals surface area contributed by atoms with Crippen molar-refractivity contribution >= 4 is 44.9 Å². The van der Waals surface area contributed by atoms with Crippen LogP contribution in [0.15, 0.2) is 18.2 Å². The average Bonchev–Trinajstić information content (AvgIpc) is 2.16. The Bertz CT molecular complexity index is 350. The number of hydrogen-bond acceptors (Lipinski definition) is 1. The van der Waals surface area contributed by atoms with Gasteiger partial charge in [-0.25, -0.2) is 0 Å². The summed E-state index contributed by atoms with van der Waals surface area (Å²) in [7, 11) is 0. The Morgan fingerprint density at radius 1 is 1.57 bits per heavy atom. The van der Waals surface area contributed by atoms with Crippen molar-refractivity contribution in [3.63, 3.8) is 0 Å². The van der Waals surface area contributed by atoms with E-state index in [4.69, 9.17) is 23.2 Å². The molecule has 0 aliphatic heterocycles. The van der Waals surface area contributed by atoms with Gasteiger partial charge in [-0.1, -0.05) is 33.6 Å². The van der Waals surface area contributed by atoms with Crippen molar-refractivity contribution in [1.29, 1.82) is 0 Å². The molecule has 0 spiro atoms. The smallest absolute Gasteiger partial charge is 0.177 e. The number of halogens is 3. The fraction of sp³-hybridized carbons (Fsp3) is 0.300. The molecule has 0 aliphatic rings. The Balaban J connectivity index is 3.06. The lowest BCUT2D eigenvalue weighted by Crippen LogP contribution is -2.10. The maximum absolute atomic E-state index is 11.6. The average molecular weight is 296 g/mol. The van der Waals surface area contributed by atoms with Gasteiger partial charge < -0.3 is 0 Å². The summed E-state index contributed by atoms with van der Waals surface area (Å²) in [6.45, 7) is 1.77. The number of carbonyl (C=O) groups excluding carboxylic acids is 1. The minimum absolute atomic E-state index is 0.0175. The lowest BCUT2D eigenvalue weighted by molar-refractivity contribution is 0.0996. The molecule has 76 valence electrons. The van der Waals surface area contributed by atoms with E-state index in [1.807, 2.05) is 6.07 Å². The van der Waals surface area contributed by atoms with Gasteiger partial charge in [0.25, 0.3) is 0 Å². The van der Waals surface area contributed by atoms with Crippen LogP contribution in [0.4, 0.5) is 0 Å². The monoisotopic (exact) mass is 294 g/mol. The van der Waals surface area contributed by atoms with Gasteiger partial charge >= 0.3 is 0 Å². The Labute approximate surface area is 102 Å². The number of carbonyl (C=O) groups is 1. The molecule has 1 atom stereocenters. The summed E-state index contributed by atoms with van der Waals surface area (Å²) in [6, 6.07) is 5.23. The highest BCUT2D eigenvalue weighted by atomic mass is 79.9. The van der Waals surface area contributed by atoms with E-state index < -0.39 is 0 Å². The summed E-state index contributed by atoms with van der Waals surface area (Å²) < 4.78 is 0. The van der Waals surface area contributed by atoms with E-state index in [9.17, 15) is 4.79 Å². The summed E-state index contributed by atoms with van der Waals surface area (Å²) in [6.07, 6.45) is 0. The first kappa shape index (κ1) is 12.0. The molecule has 1 aromatic carbocycles. The maximum Gasteiger partial charge on any atom is 0.177 e. The van der Waals surface area contributed by atoms with Crippen molar-refractivity contribution in [2.75, 3.05) is 0 Å². The summed E-state index contributed by atoms with van der Waals surface area (Å²) >= 11 is 14.8. The van der Waals surface area contributed by atoms with Crippen LogP contribution < -0.4 is 0 Å². The van der Waals surface area contributed by atoms with Crippen LogP contribution >= 0.6 is 39.1 Å². The molecule has 0 aliphatic carbocycles. The van der Waals surface area contributed by atoms with E-state index in [2.05, 4.69) is 15.9 Å². The number of Topliss-reactive ketones (excluding diaryl/α,β-unsaturated/α-hetero) is 1. The Morgan fingerprint density at radius 3 is 2.64 bits per heavy atom. The van der Waals surface area contributed by atoms with Gasteiger partial charge in [0.2, 0.25) is 0 Å². The first-order chi connectivity index (χ1) is 6.56. The molecule has 1 nitrogen and oxygen atoms in total. The van der Waals surface area contributed by atoms with E-state index in [1.165, 1.54) is 0 Å². The Kier molecular flexibility index (Phi) is 4.42. The van der Waals surface area contributed by atoms with Gasteiger partial charge in [-0.15, -0.1) is 11.6 Å². The molecule has 0 bridgehead atoms. The van der Waals surface area contributed by atoms with Gasteiger partial charge in [0.05, 0.1) is 9.85 Å². The molecule has 0 N–H and O–H groups in total. The second-order valence-electron chi connectivity index (χ2n) is 2.93. The van der Waals surface area contributed by atoms with Crippen LogP contribution in [-0.2, 0) is 5.88 Å². The summed E-state index contributed by atoms with van der Waals surface area (Å²) in [5.74, 6) is 0.383. The second kappa shape index (κ2) is 5.15. The molecule has 4 heteroatoms. The molecular formula is C10H9BrCl2O. The van der Waals surface area contributed by atoms with Gasteiger partial charge in [-0.3, -0.25) is 4.79 Å². The van der Waals surface area contributed by atoms with Crippen molar-refractivity contribution in [2.24, 2.45) is 0 Å². The van der Waals surface area contributed by atoms with Crippen LogP contribution in [0.3, 0.4) is 0 Å². The van der Waals surface area contributed by atoms with Crippen molar-refractivity contribution in [1.82, 2.24) is 0 Å². The highest BCUT2D eigenvalue weighted by Gasteiger charge is 2.15. The molecule has 0 aromatic heterocycles. The first-order valence-electron chi connectivity index (χ1n) is 4.09. The topological polar surface area (TPSA) is 17.1 Å². The zero-order valence-corrected chi connectivity index (χ0v) is 10.7. The number of hydrogen-bond donors (Lipinski definition) is 0. The molecule has 0 saturated carbocycles. The molecule has 0 fully saturated rings. The van der Waals surface area contributed by atoms with E-state index in [0.29, 0.717) is 16.5 Å². The van der Waals surface area contributed by atoms with Gasteiger partial charge in [0.15, 0.2) is 5.78 Å². The van der Waals surface area contributed by atoms with Crippen molar-refractivity contribution < 1.29 is 4.79 Å². The highest BCUT2D eigenvalue weighted by Crippen LogP contribution is 2.22. The van der Waals surface area contributed by atoms with Gasteiger partial charge in [-0.05, 0) is 24.6 Å².